The second-order valence-corrected chi connectivity index (χ2v) is 9.74. The summed E-state index contributed by atoms with van der Waals surface area (Å²) < 4.78 is 26.2. The van der Waals surface area contributed by atoms with Gasteiger partial charge in [-0.05, 0) is 60.9 Å². The van der Waals surface area contributed by atoms with Gasteiger partial charge >= 0.3 is 5.63 Å². The summed E-state index contributed by atoms with van der Waals surface area (Å²) in [6, 6.07) is 20.3. The van der Waals surface area contributed by atoms with Gasteiger partial charge in [0.25, 0.3) is 5.56 Å². The van der Waals surface area contributed by atoms with Gasteiger partial charge < -0.3 is 14.3 Å². The quantitative estimate of drug-likeness (QED) is 0.331. The SMILES string of the molecule is COc1cccc(Sc2c(O)c3c(=O)n(-c4ccc(F)cc4)c4c(c3oc2=O)CCc2ccccc2-4)c1. The number of halogens is 1. The van der Waals surface area contributed by atoms with Gasteiger partial charge in [-0.15, -0.1) is 0 Å². The summed E-state index contributed by atoms with van der Waals surface area (Å²) in [5, 5.41) is 11.2. The summed E-state index contributed by atoms with van der Waals surface area (Å²) in [5.74, 6) is -0.291. The van der Waals surface area contributed by atoms with Crippen LogP contribution in [0.15, 0.2) is 96.6 Å². The van der Waals surface area contributed by atoms with Crippen molar-refractivity contribution in [3.05, 3.63) is 111 Å². The first-order chi connectivity index (χ1) is 18.0. The van der Waals surface area contributed by atoms with Crippen molar-refractivity contribution in [3.63, 3.8) is 0 Å². The van der Waals surface area contributed by atoms with E-state index in [0.29, 0.717) is 40.4 Å². The van der Waals surface area contributed by atoms with Crippen LogP contribution in [0.2, 0.25) is 0 Å². The molecule has 0 fully saturated rings. The minimum absolute atomic E-state index is 0.0744. The van der Waals surface area contributed by atoms with E-state index in [-0.39, 0.29) is 15.9 Å². The highest BCUT2D eigenvalue weighted by atomic mass is 32.2. The number of ether oxygens (including phenoxy) is 1. The van der Waals surface area contributed by atoms with Gasteiger partial charge in [0.05, 0.1) is 12.8 Å². The summed E-state index contributed by atoms with van der Waals surface area (Å²) in [7, 11) is 1.53. The van der Waals surface area contributed by atoms with E-state index >= 15 is 0 Å². The molecule has 184 valence electrons. The van der Waals surface area contributed by atoms with E-state index in [4.69, 9.17) is 9.15 Å². The van der Waals surface area contributed by atoms with Crippen molar-refractivity contribution in [2.45, 2.75) is 22.6 Å². The van der Waals surface area contributed by atoms with Gasteiger partial charge in [-0.2, -0.15) is 0 Å². The molecule has 0 spiro atoms. The first-order valence-corrected chi connectivity index (χ1v) is 12.4. The van der Waals surface area contributed by atoms with E-state index in [2.05, 4.69) is 0 Å². The van der Waals surface area contributed by atoms with Crippen molar-refractivity contribution in [2.75, 3.05) is 7.11 Å². The third kappa shape index (κ3) is 3.81. The fourth-order valence-electron chi connectivity index (χ4n) is 4.83. The van der Waals surface area contributed by atoms with Gasteiger partial charge in [-0.1, -0.05) is 42.1 Å². The first kappa shape index (κ1) is 23.1. The summed E-state index contributed by atoms with van der Waals surface area (Å²) in [6.45, 7) is 0. The summed E-state index contributed by atoms with van der Waals surface area (Å²) in [4.78, 5) is 27.7. The third-order valence-electron chi connectivity index (χ3n) is 6.52. The minimum Gasteiger partial charge on any atom is -0.505 e. The number of hydrogen-bond acceptors (Lipinski definition) is 6. The molecule has 0 amide bonds. The number of rotatable bonds is 4. The Morgan fingerprint density at radius 1 is 1.00 bits per heavy atom. The Kier molecular flexibility index (Phi) is 5.61. The molecule has 2 aromatic heterocycles. The molecule has 37 heavy (non-hydrogen) atoms. The fourth-order valence-corrected chi connectivity index (χ4v) is 5.71. The largest absolute Gasteiger partial charge is 0.505 e. The maximum atomic E-state index is 14.1. The number of hydrogen-bond donors (Lipinski definition) is 1. The molecule has 0 bridgehead atoms. The van der Waals surface area contributed by atoms with Crippen LogP contribution in [0, 0.1) is 5.82 Å². The number of aromatic nitrogens is 1. The maximum absolute atomic E-state index is 14.1. The van der Waals surface area contributed by atoms with Gasteiger partial charge in [-0.3, -0.25) is 9.36 Å². The van der Waals surface area contributed by atoms with Gasteiger partial charge in [0.15, 0.2) is 11.3 Å². The lowest BCUT2D eigenvalue weighted by Gasteiger charge is -2.25. The molecule has 0 aliphatic heterocycles. The standard InChI is InChI=1S/C29H20FNO5S/c1-35-19-6-4-7-20(15-19)37-27-25(32)23-26(36-29(27)34)22-14-9-16-5-2-3-8-21(16)24(22)31(28(23)33)18-12-10-17(30)11-13-18/h2-8,10-13,15,32H,9,14H2,1H3. The number of nitrogens with zero attached hydrogens (tertiary/aromatic N) is 1. The van der Waals surface area contributed by atoms with Crippen molar-refractivity contribution in [1.29, 1.82) is 0 Å². The van der Waals surface area contributed by atoms with E-state index in [0.717, 1.165) is 22.9 Å². The topological polar surface area (TPSA) is 81.7 Å². The highest BCUT2D eigenvalue weighted by Gasteiger charge is 2.29. The third-order valence-corrected chi connectivity index (χ3v) is 7.58. The fraction of sp³-hybridized carbons (Fsp3) is 0.103. The second-order valence-electron chi connectivity index (χ2n) is 8.65. The lowest BCUT2D eigenvalue weighted by molar-refractivity contribution is 0.413. The number of aryl methyl sites for hydroxylation is 2. The van der Waals surface area contributed by atoms with Crippen LogP contribution in [0.25, 0.3) is 27.9 Å². The number of methoxy groups -OCH3 is 1. The predicted octanol–water partition coefficient (Wildman–Crippen LogP) is 5.71. The van der Waals surface area contributed by atoms with Crippen molar-refractivity contribution in [2.24, 2.45) is 0 Å². The average Bonchev–Trinajstić information content (AvgIpc) is 2.91. The van der Waals surface area contributed by atoms with Gasteiger partial charge in [0.2, 0.25) is 0 Å². The van der Waals surface area contributed by atoms with E-state index in [1.807, 2.05) is 24.3 Å². The Labute approximate surface area is 214 Å². The summed E-state index contributed by atoms with van der Waals surface area (Å²) in [6.07, 6.45) is 1.17. The monoisotopic (exact) mass is 513 g/mol. The molecule has 0 saturated heterocycles. The van der Waals surface area contributed by atoms with E-state index < -0.39 is 22.8 Å². The number of aromatic hydroxyl groups is 1. The summed E-state index contributed by atoms with van der Waals surface area (Å²) in [5.41, 5.74) is 2.29. The molecule has 6 rings (SSSR count). The molecule has 0 unspecified atom stereocenters. The van der Waals surface area contributed by atoms with Gasteiger partial charge in [0, 0.05) is 21.7 Å². The lowest BCUT2D eigenvalue weighted by Crippen LogP contribution is -2.25. The average molecular weight is 514 g/mol. The molecular formula is C29H20FNO5S. The molecule has 1 aliphatic rings. The molecule has 1 aliphatic carbocycles. The first-order valence-electron chi connectivity index (χ1n) is 11.6. The van der Waals surface area contributed by atoms with Crippen molar-refractivity contribution < 1.29 is 18.7 Å². The van der Waals surface area contributed by atoms with Crippen LogP contribution < -0.4 is 15.9 Å². The number of benzene rings is 3. The van der Waals surface area contributed by atoms with E-state index in [1.54, 1.807) is 24.3 Å². The molecule has 0 atom stereocenters. The Hall–Kier alpha value is -4.30. The number of pyridine rings is 1. The predicted molar refractivity (Wildman–Crippen MR) is 140 cm³/mol. The Balaban J connectivity index is 1.68. The molecule has 8 heteroatoms. The van der Waals surface area contributed by atoms with Crippen molar-refractivity contribution in [1.82, 2.24) is 4.57 Å². The molecule has 2 heterocycles. The lowest BCUT2D eigenvalue weighted by atomic mass is 9.87. The molecule has 6 nitrogen and oxygen atoms in total. The molecular weight excluding hydrogens is 493 g/mol. The van der Waals surface area contributed by atoms with E-state index in [9.17, 15) is 19.1 Å². The van der Waals surface area contributed by atoms with Crippen LogP contribution in [0.5, 0.6) is 11.5 Å². The molecule has 5 aromatic rings. The highest BCUT2D eigenvalue weighted by molar-refractivity contribution is 7.99. The number of fused-ring (bicyclic) bond motifs is 5. The minimum atomic E-state index is -0.738. The maximum Gasteiger partial charge on any atom is 0.354 e. The van der Waals surface area contributed by atoms with Crippen LogP contribution in [0.3, 0.4) is 0 Å². The Morgan fingerprint density at radius 3 is 2.57 bits per heavy atom. The molecule has 0 saturated carbocycles. The van der Waals surface area contributed by atoms with Crippen LogP contribution in [0.4, 0.5) is 4.39 Å². The van der Waals surface area contributed by atoms with Crippen LogP contribution in [-0.2, 0) is 12.8 Å². The highest BCUT2D eigenvalue weighted by Crippen LogP contribution is 2.42. The molecule has 0 radical (unpaired) electrons. The zero-order valence-electron chi connectivity index (χ0n) is 19.7. The van der Waals surface area contributed by atoms with Crippen molar-refractivity contribution in [3.8, 4) is 28.4 Å². The van der Waals surface area contributed by atoms with Crippen molar-refractivity contribution >= 4 is 22.7 Å². The van der Waals surface area contributed by atoms with Crippen LogP contribution in [0.1, 0.15) is 11.1 Å². The second kappa shape index (κ2) is 8.97. The van der Waals surface area contributed by atoms with E-state index in [1.165, 1.54) is 35.9 Å². The summed E-state index contributed by atoms with van der Waals surface area (Å²) >= 11 is 0.990. The Morgan fingerprint density at radius 2 is 1.78 bits per heavy atom. The van der Waals surface area contributed by atoms with Crippen LogP contribution >= 0.6 is 11.8 Å². The zero-order chi connectivity index (χ0) is 25.7. The smallest absolute Gasteiger partial charge is 0.354 e. The van der Waals surface area contributed by atoms with Gasteiger partial charge in [0.1, 0.15) is 21.8 Å². The van der Waals surface area contributed by atoms with Gasteiger partial charge in [-0.25, -0.2) is 9.18 Å². The zero-order valence-corrected chi connectivity index (χ0v) is 20.5. The normalized spacial score (nSPS) is 12.3. The Bertz CT molecular complexity index is 1810. The van der Waals surface area contributed by atoms with Crippen LogP contribution in [-0.4, -0.2) is 16.8 Å². The molecule has 3 aromatic carbocycles. The molecule has 1 N–H and O–H groups in total.